The normalized spacial score (nSPS) is 13.1. The van der Waals surface area contributed by atoms with Crippen LogP contribution < -0.4 is 9.62 Å². The SMILES string of the molecule is C[C@H](NC(=O)CN(c1ccc(C(F)(F)F)cc1)S(C)(=O)=O)c1ccc(F)cc1. The van der Waals surface area contributed by atoms with E-state index in [1.165, 1.54) is 24.3 Å². The number of anilines is 1. The van der Waals surface area contributed by atoms with Crippen molar-refractivity contribution in [1.29, 1.82) is 0 Å². The number of benzene rings is 2. The Morgan fingerprint density at radius 3 is 2.07 bits per heavy atom. The van der Waals surface area contributed by atoms with Gasteiger partial charge in [0, 0.05) is 0 Å². The van der Waals surface area contributed by atoms with E-state index in [0.717, 1.165) is 30.5 Å². The molecule has 0 saturated carbocycles. The fourth-order valence-corrected chi connectivity index (χ4v) is 3.33. The van der Waals surface area contributed by atoms with Crippen molar-refractivity contribution >= 4 is 21.6 Å². The number of carbonyl (C=O) groups excluding carboxylic acids is 1. The van der Waals surface area contributed by atoms with Crippen molar-refractivity contribution < 1.29 is 30.8 Å². The van der Waals surface area contributed by atoms with Crippen LogP contribution in [0.4, 0.5) is 23.2 Å². The van der Waals surface area contributed by atoms with Crippen molar-refractivity contribution in [3.8, 4) is 0 Å². The summed E-state index contributed by atoms with van der Waals surface area (Å²) >= 11 is 0. The molecule has 1 amide bonds. The average molecular weight is 418 g/mol. The maximum Gasteiger partial charge on any atom is 0.416 e. The summed E-state index contributed by atoms with van der Waals surface area (Å²) in [5.74, 6) is -1.10. The van der Waals surface area contributed by atoms with E-state index < -0.39 is 46.1 Å². The molecule has 0 aliphatic rings. The number of rotatable bonds is 6. The minimum Gasteiger partial charge on any atom is -0.348 e. The van der Waals surface area contributed by atoms with Gasteiger partial charge in [-0.05, 0) is 48.9 Å². The zero-order chi connectivity index (χ0) is 21.1. The van der Waals surface area contributed by atoms with Gasteiger partial charge in [0.25, 0.3) is 0 Å². The van der Waals surface area contributed by atoms with E-state index in [0.29, 0.717) is 9.87 Å². The van der Waals surface area contributed by atoms with Crippen LogP contribution in [0.3, 0.4) is 0 Å². The zero-order valence-corrected chi connectivity index (χ0v) is 15.8. The molecular formula is C18H18F4N2O3S. The van der Waals surface area contributed by atoms with Crippen molar-refractivity contribution in [2.75, 3.05) is 17.1 Å². The molecule has 2 aromatic rings. The van der Waals surface area contributed by atoms with Crippen LogP contribution in [0.1, 0.15) is 24.1 Å². The Balaban J connectivity index is 2.16. The lowest BCUT2D eigenvalue weighted by atomic mass is 10.1. The Morgan fingerprint density at radius 1 is 1.07 bits per heavy atom. The summed E-state index contributed by atoms with van der Waals surface area (Å²) in [7, 11) is -3.93. The highest BCUT2D eigenvalue weighted by Crippen LogP contribution is 2.31. The highest BCUT2D eigenvalue weighted by atomic mass is 32.2. The van der Waals surface area contributed by atoms with Crippen molar-refractivity contribution in [3.63, 3.8) is 0 Å². The van der Waals surface area contributed by atoms with Crippen LogP contribution in [0, 0.1) is 5.82 Å². The number of sulfonamides is 1. The molecule has 0 aliphatic carbocycles. The molecule has 0 bridgehead atoms. The molecule has 0 heterocycles. The first-order valence-electron chi connectivity index (χ1n) is 8.08. The summed E-state index contributed by atoms with van der Waals surface area (Å²) < 4.78 is 75.8. The van der Waals surface area contributed by atoms with Gasteiger partial charge >= 0.3 is 6.18 Å². The van der Waals surface area contributed by atoms with Crippen molar-refractivity contribution in [2.24, 2.45) is 0 Å². The minimum atomic E-state index is -4.56. The summed E-state index contributed by atoms with van der Waals surface area (Å²) in [5, 5.41) is 2.58. The Bertz CT molecular complexity index is 927. The smallest absolute Gasteiger partial charge is 0.348 e. The third kappa shape index (κ3) is 5.69. The summed E-state index contributed by atoms with van der Waals surface area (Å²) in [4.78, 5) is 12.3. The predicted octanol–water partition coefficient (Wildman–Crippen LogP) is 3.49. The first-order chi connectivity index (χ1) is 12.9. The van der Waals surface area contributed by atoms with Crippen LogP contribution in [0.5, 0.6) is 0 Å². The lowest BCUT2D eigenvalue weighted by molar-refractivity contribution is -0.137. The van der Waals surface area contributed by atoms with Crippen LogP contribution in [-0.2, 0) is 21.0 Å². The number of amides is 1. The van der Waals surface area contributed by atoms with Gasteiger partial charge in [0.2, 0.25) is 15.9 Å². The minimum absolute atomic E-state index is 0.0694. The van der Waals surface area contributed by atoms with Gasteiger partial charge in [-0.25, -0.2) is 12.8 Å². The second-order valence-corrected chi connectivity index (χ2v) is 8.06. The molecule has 0 aromatic heterocycles. The van der Waals surface area contributed by atoms with Gasteiger partial charge in [-0.3, -0.25) is 9.10 Å². The molecule has 10 heteroatoms. The van der Waals surface area contributed by atoms with Gasteiger partial charge in [-0.2, -0.15) is 13.2 Å². The molecule has 152 valence electrons. The molecule has 1 N–H and O–H groups in total. The molecular weight excluding hydrogens is 400 g/mol. The van der Waals surface area contributed by atoms with Gasteiger partial charge in [0.05, 0.1) is 23.5 Å². The van der Waals surface area contributed by atoms with Gasteiger partial charge < -0.3 is 5.32 Å². The van der Waals surface area contributed by atoms with E-state index in [2.05, 4.69) is 5.32 Å². The van der Waals surface area contributed by atoms with Crippen LogP contribution in [0.2, 0.25) is 0 Å². The number of hydrogen-bond donors (Lipinski definition) is 1. The first kappa shape index (κ1) is 21.7. The van der Waals surface area contributed by atoms with E-state index in [4.69, 9.17) is 0 Å². The van der Waals surface area contributed by atoms with Crippen LogP contribution in [0.15, 0.2) is 48.5 Å². The van der Waals surface area contributed by atoms with E-state index >= 15 is 0 Å². The largest absolute Gasteiger partial charge is 0.416 e. The summed E-state index contributed by atoms with van der Waals surface area (Å²) in [5.41, 5.74) is -0.394. The molecule has 0 fully saturated rings. The summed E-state index contributed by atoms with van der Waals surface area (Å²) in [6.07, 6.45) is -3.71. The number of alkyl halides is 3. The summed E-state index contributed by atoms with van der Waals surface area (Å²) in [6.45, 7) is 1.02. The third-order valence-corrected chi connectivity index (χ3v) is 5.06. The fourth-order valence-electron chi connectivity index (χ4n) is 2.47. The number of nitrogens with one attached hydrogen (secondary N) is 1. The Kier molecular flexibility index (Phi) is 6.33. The van der Waals surface area contributed by atoms with Crippen molar-refractivity contribution in [3.05, 3.63) is 65.5 Å². The van der Waals surface area contributed by atoms with E-state index in [9.17, 15) is 30.8 Å². The van der Waals surface area contributed by atoms with Gasteiger partial charge in [-0.15, -0.1) is 0 Å². The van der Waals surface area contributed by atoms with Gasteiger partial charge in [-0.1, -0.05) is 12.1 Å². The molecule has 1 atom stereocenters. The van der Waals surface area contributed by atoms with E-state index in [1.807, 2.05) is 0 Å². The molecule has 28 heavy (non-hydrogen) atoms. The number of nitrogens with zero attached hydrogens (tertiary/aromatic N) is 1. The Labute approximate surface area is 160 Å². The number of carbonyl (C=O) groups is 1. The highest BCUT2D eigenvalue weighted by Gasteiger charge is 2.31. The Morgan fingerprint density at radius 2 is 1.61 bits per heavy atom. The summed E-state index contributed by atoms with van der Waals surface area (Å²) in [6, 6.07) is 8.34. The quantitative estimate of drug-likeness (QED) is 0.731. The lowest BCUT2D eigenvalue weighted by Gasteiger charge is -2.23. The monoisotopic (exact) mass is 418 g/mol. The zero-order valence-electron chi connectivity index (χ0n) is 15.0. The predicted molar refractivity (Wildman–Crippen MR) is 96.6 cm³/mol. The molecule has 0 spiro atoms. The second-order valence-electron chi connectivity index (χ2n) is 6.16. The topological polar surface area (TPSA) is 66.5 Å². The van der Waals surface area contributed by atoms with Gasteiger partial charge in [0.15, 0.2) is 0 Å². The van der Waals surface area contributed by atoms with Gasteiger partial charge in [0.1, 0.15) is 12.4 Å². The highest BCUT2D eigenvalue weighted by molar-refractivity contribution is 7.92. The first-order valence-corrected chi connectivity index (χ1v) is 9.92. The second kappa shape index (κ2) is 8.17. The van der Waals surface area contributed by atoms with E-state index in [1.54, 1.807) is 6.92 Å². The van der Waals surface area contributed by atoms with E-state index in [-0.39, 0.29) is 5.69 Å². The lowest BCUT2D eigenvalue weighted by Crippen LogP contribution is -2.41. The molecule has 2 rings (SSSR count). The third-order valence-electron chi connectivity index (χ3n) is 3.92. The molecule has 5 nitrogen and oxygen atoms in total. The Hall–Kier alpha value is -2.62. The molecule has 0 unspecified atom stereocenters. The number of hydrogen-bond acceptors (Lipinski definition) is 3. The van der Waals surface area contributed by atoms with Crippen LogP contribution in [0.25, 0.3) is 0 Å². The standard InChI is InChI=1S/C18H18F4N2O3S/c1-12(13-3-7-15(19)8-4-13)23-17(25)11-24(28(2,26)27)16-9-5-14(6-10-16)18(20,21)22/h3-10,12H,11H2,1-2H3,(H,23,25)/t12-/m0/s1. The molecule has 0 aliphatic heterocycles. The van der Waals surface area contributed by atoms with Crippen molar-refractivity contribution in [1.82, 2.24) is 5.32 Å². The maximum absolute atomic E-state index is 13.0. The molecule has 2 aromatic carbocycles. The number of halogens is 4. The van der Waals surface area contributed by atoms with Crippen LogP contribution >= 0.6 is 0 Å². The van der Waals surface area contributed by atoms with Crippen LogP contribution in [-0.4, -0.2) is 27.1 Å². The molecule has 0 radical (unpaired) electrons. The maximum atomic E-state index is 13.0. The average Bonchev–Trinajstić information content (AvgIpc) is 2.58. The molecule has 0 saturated heterocycles. The fraction of sp³-hybridized carbons (Fsp3) is 0.278. The van der Waals surface area contributed by atoms with Crippen molar-refractivity contribution in [2.45, 2.75) is 19.1 Å².